The molecule has 1 saturated heterocycles. The topological polar surface area (TPSA) is 77.1 Å². The molecular formula is C21H32N2O5S. The molecule has 1 aliphatic heterocycles. The Morgan fingerprint density at radius 1 is 1.28 bits per heavy atom. The monoisotopic (exact) mass is 424 g/mol. The van der Waals surface area contributed by atoms with Gasteiger partial charge in [-0.3, -0.25) is 4.90 Å². The first kappa shape index (κ1) is 23.2. The number of carbonyl (C=O) groups is 2. The molecule has 2 rings (SSSR count). The summed E-state index contributed by atoms with van der Waals surface area (Å²) in [6.45, 7) is 6.64. The van der Waals surface area contributed by atoms with Gasteiger partial charge in [0.1, 0.15) is 17.5 Å². The van der Waals surface area contributed by atoms with Gasteiger partial charge in [0, 0.05) is 11.8 Å². The lowest BCUT2D eigenvalue weighted by molar-refractivity contribution is -0.148. The van der Waals surface area contributed by atoms with Crippen molar-refractivity contribution in [2.24, 2.45) is 5.92 Å². The van der Waals surface area contributed by atoms with Crippen LogP contribution in [-0.2, 0) is 9.53 Å². The van der Waals surface area contributed by atoms with Crippen LogP contribution in [0.15, 0.2) is 18.2 Å². The van der Waals surface area contributed by atoms with Gasteiger partial charge >= 0.3 is 12.0 Å². The SMILES string of the molecule is CCCCOC(=O)[C@@H]1CS[C@@H](CC(C)C)N1C(=O)Nc1ccc(OC)cc1OC. The van der Waals surface area contributed by atoms with Gasteiger partial charge in [0.25, 0.3) is 0 Å². The second kappa shape index (κ2) is 11.2. The number of anilines is 1. The fourth-order valence-corrected chi connectivity index (χ4v) is 4.72. The standard InChI is InChI=1S/C21H32N2O5S/c1-6-7-10-28-20(24)17-13-29-19(11-14(2)3)23(17)21(25)22-16-9-8-15(26-4)12-18(16)27-5/h8-9,12,14,17,19H,6-7,10-11,13H2,1-5H3,(H,22,25)/t17-,19-/m0/s1. The van der Waals surface area contributed by atoms with Gasteiger partial charge in [0.2, 0.25) is 0 Å². The van der Waals surface area contributed by atoms with Crippen molar-refractivity contribution in [1.29, 1.82) is 0 Å². The highest BCUT2D eigenvalue weighted by Crippen LogP contribution is 2.36. The number of rotatable bonds is 9. The number of hydrogen-bond donors (Lipinski definition) is 1. The van der Waals surface area contributed by atoms with Crippen molar-refractivity contribution < 1.29 is 23.8 Å². The summed E-state index contributed by atoms with van der Waals surface area (Å²) in [5.74, 6) is 1.72. The molecule has 0 saturated carbocycles. The normalized spacial score (nSPS) is 18.6. The molecule has 1 heterocycles. The number of esters is 1. The summed E-state index contributed by atoms with van der Waals surface area (Å²) in [6, 6.07) is 4.26. The van der Waals surface area contributed by atoms with Crippen molar-refractivity contribution in [2.45, 2.75) is 51.4 Å². The number of methoxy groups -OCH3 is 2. The van der Waals surface area contributed by atoms with Crippen LogP contribution in [0.5, 0.6) is 11.5 Å². The first-order valence-electron chi connectivity index (χ1n) is 10.0. The van der Waals surface area contributed by atoms with Gasteiger partial charge in [-0.1, -0.05) is 27.2 Å². The van der Waals surface area contributed by atoms with E-state index in [-0.39, 0.29) is 17.4 Å². The van der Waals surface area contributed by atoms with Crippen molar-refractivity contribution in [1.82, 2.24) is 4.90 Å². The van der Waals surface area contributed by atoms with Crippen LogP contribution < -0.4 is 14.8 Å². The summed E-state index contributed by atoms with van der Waals surface area (Å²) in [7, 11) is 3.10. The van der Waals surface area contributed by atoms with Crippen molar-refractivity contribution in [3.63, 3.8) is 0 Å². The molecule has 7 nitrogen and oxygen atoms in total. The number of ether oxygens (including phenoxy) is 3. The van der Waals surface area contributed by atoms with E-state index in [2.05, 4.69) is 19.2 Å². The molecule has 0 aliphatic carbocycles. The first-order chi connectivity index (χ1) is 13.9. The minimum atomic E-state index is -0.593. The molecule has 0 radical (unpaired) electrons. The highest BCUT2D eigenvalue weighted by molar-refractivity contribution is 8.00. The summed E-state index contributed by atoms with van der Waals surface area (Å²) >= 11 is 1.62. The van der Waals surface area contributed by atoms with E-state index in [4.69, 9.17) is 14.2 Å². The molecule has 1 aromatic carbocycles. The molecule has 0 bridgehead atoms. The largest absolute Gasteiger partial charge is 0.497 e. The highest BCUT2D eigenvalue weighted by Gasteiger charge is 2.42. The summed E-state index contributed by atoms with van der Waals surface area (Å²) in [5.41, 5.74) is 0.525. The maximum atomic E-state index is 13.2. The second-order valence-corrected chi connectivity index (χ2v) is 8.57. The van der Waals surface area contributed by atoms with Crippen molar-refractivity contribution in [3.05, 3.63) is 18.2 Å². The van der Waals surface area contributed by atoms with E-state index in [1.54, 1.807) is 42.0 Å². The number of nitrogens with one attached hydrogen (secondary N) is 1. The Hall–Kier alpha value is -2.09. The fourth-order valence-electron chi connectivity index (χ4n) is 3.10. The molecule has 1 aromatic rings. The van der Waals surface area contributed by atoms with Crippen LogP contribution in [-0.4, -0.2) is 54.9 Å². The third kappa shape index (κ3) is 6.19. The van der Waals surface area contributed by atoms with Crippen molar-refractivity contribution in [2.75, 3.05) is 31.9 Å². The lowest BCUT2D eigenvalue weighted by Crippen LogP contribution is -2.48. The molecule has 1 N–H and O–H groups in total. The number of benzene rings is 1. The maximum Gasteiger partial charge on any atom is 0.329 e. The zero-order chi connectivity index (χ0) is 21.4. The van der Waals surface area contributed by atoms with Gasteiger partial charge in [-0.15, -0.1) is 11.8 Å². The van der Waals surface area contributed by atoms with Gasteiger partial charge in [0.05, 0.1) is 31.9 Å². The molecule has 0 unspecified atom stereocenters. The summed E-state index contributed by atoms with van der Waals surface area (Å²) < 4.78 is 16.0. The number of unbranched alkanes of at least 4 members (excludes halogenated alkanes) is 1. The van der Waals surface area contributed by atoms with E-state index in [0.717, 1.165) is 19.3 Å². The Morgan fingerprint density at radius 2 is 2.03 bits per heavy atom. The molecule has 1 fully saturated rings. The van der Waals surface area contributed by atoms with Crippen LogP contribution in [0, 0.1) is 5.92 Å². The van der Waals surface area contributed by atoms with E-state index >= 15 is 0 Å². The number of amides is 2. The molecule has 8 heteroatoms. The van der Waals surface area contributed by atoms with Crippen LogP contribution in [0.25, 0.3) is 0 Å². The van der Waals surface area contributed by atoms with Crippen molar-refractivity contribution >= 4 is 29.4 Å². The Bertz CT molecular complexity index is 698. The summed E-state index contributed by atoms with van der Waals surface area (Å²) in [6.07, 6.45) is 2.57. The average Bonchev–Trinajstić information content (AvgIpc) is 3.11. The maximum absolute atomic E-state index is 13.2. The van der Waals surface area contributed by atoms with E-state index < -0.39 is 6.04 Å². The number of carbonyl (C=O) groups excluding carboxylic acids is 2. The molecule has 29 heavy (non-hydrogen) atoms. The highest BCUT2D eigenvalue weighted by atomic mass is 32.2. The predicted molar refractivity (Wildman–Crippen MR) is 116 cm³/mol. The van der Waals surface area contributed by atoms with Gasteiger partial charge in [-0.25, -0.2) is 9.59 Å². The van der Waals surface area contributed by atoms with Crippen LogP contribution in [0.4, 0.5) is 10.5 Å². The molecule has 2 atom stereocenters. The number of thioether (sulfide) groups is 1. The van der Waals surface area contributed by atoms with E-state index in [1.807, 2.05) is 6.92 Å². The Labute approximate surface area is 177 Å². The Kier molecular flexibility index (Phi) is 8.95. The van der Waals surface area contributed by atoms with E-state index in [1.165, 1.54) is 7.11 Å². The average molecular weight is 425 g/mol. The Morgan fingerprint density at radius 3 is 2.66 bits per heavy atom. The van der Waals surface area contributed by atoms with E-state index in [0.29, 0.717) is 35.5 Å². The van der Waals surface area contributed by atoms with E-state index in [9.17, 15) is 9.59 Å². The molecule has 0 spiro atoms. The summed E-state index contributed by atoms with van der Waals surface area (Å²) in [5, 5.41) is 2.81. The molecule has 0 aromatic heterocycles. The van der Waals surface area contributed by atoms with Gasteiger partial charge in [0.15, 0.2) is 0 Å². The van der Waals surface area contributed by atoms with Crippen LogP contribution in [0.3, 0.4) is 0 Å². The smallest absolute Gasteiger partial charge is 0.329 e. The summed E-state index contributed by atoms with van der Waals surface area (Å²) in [4.78, 5) is 27.4. The quantitative estimate of drug-likeness (QED) is 0.469. The van der Waals surface area contributed by atoms with Crippen molar-refractivity contribution in [3.8, 4) is 11.5 Å². The van der Waals surface area contributed by atoms with Crippen LogP contribution in [0.1, 0.15) is 40.0 Å². The van der Waals surface area contributed by atoms with Crippen LogP contribution in [0.2, 0.25) is 0 Å². The molecule has 1 aliphatic rings. The number of urea groups is 1. The zero-order valence-electron chi connectivity index (χ0n) is 17.9. The number of hydrogen-bond acceptors (Lipinski definition) is 6. The lowest BCUT2D eigenvalue weighted by atomic mass is 10.1. The third-order valence-electron chi connectivity index (χ3n) is 4.66. The predicted octanol–water partition coefficient (Wildman–Crippen LogP) is 4.37. The molecule has 2 amide bonds. The third-order valence-corrected chi connectivity index (χ3v) is 5.98. The van der Waals surface area contributed by atoms with Gasteiger partial charge in [-0.05, 0) is 30.9 Å². The minimum absolute atomic E-state index is 0.0806. The molecule has 162 valence electrons. The van der Waals surface area contributed by atoms with Gasteiger partial charge in [-0.2, -0.15) is 0 Å². The second-order valence-electron chi connectivity index (χ2n) is 7.36. The number of nitrogens with zero attached hydrogens (tertiary/aromatic N) is 1. The zero-order valence-corrected chi connectivity index (χ0v) is 18.7. The minimum Gasteiger partial charge on any atom is -0.497 e. The first-order valence-corrected chi connectivity index (χ1v) is 11.1. The van der Waals surface area contributed by atoms with Crippen LogP contribution >= 0.6 is 11.8 Å². The van der Waals surface area contributed by atoms with Gasteiger partial charge < -0.3 is 19.5 Å². The molecular weight excluding hydrogens is 392 g/mol. The Balaban J connectivity index is 2.19. The lowest BCUT2D eigenvalue weighted by Gasteiger charge is -2.29. The fraction of sp³-hybridized carbons (Fsp3) is 0.619.